The van der Waals surface area contributed by atoms with Gasteiger partial charge < -0.3 is 4.42 Å². The third-order valence-electron chi connectivity index (χ3n) is 2.26. The maximum Gasteiger partial charge on any atom is 0.238 e. The number of halogens is 1. The summed E-state index contributed by atoms with van der Waals surface area (Å²) < 4.78 is 5.49. The van der Waals surface area contributed by atoms with Gasteiger partial charge in [0.1, 0.15) is 5.38 Å². The van der Waals surface area contributed by atoms with Crippen molar-refractivity contribution in [2.75, 3.05) is 0 Å². The largest absolute Gasteiger partial charge is 0.423 e. The van der Waals surface area contributed by atoms with Crippen LogP contribution in [0, 0.1) is 0 Å². The Balaban J connectivity index is 2.17. The number of hydrogen-bond acceptors (Lipinski definition) is 3. The Morgan fingerprint density at radius 2 is 2.00 bits per heavy atom. The number of nitrogens with zero attached hydrogens (tertiary/aromatic N) is 2. The van der Waals surface area contributed by atoms with Gasteiger partial charge in [0.05, 0.1) is 0 Å². The Hall–Kier alpha value is -1.35. The zero-order valence-corrected chi connectivity index (χ0v) is 9.81. The van der Waals surface area contributed by atoms with E-state index in [2.05, 4.69) is 17.1 Å². The molecule has 2 rings (SSSR count). The molecule has 0 aliphatic rings. The summed E-state index contributed by atoms with van der Waals surface area (Å²) in [6.07, 6.45) is 1.78. The van der Waals surface area contributed by atoms with Gasteiger partial charge in [-0.05, 0) is 12.0 Å². The smallest absolute Gasteiger partial charge is 0.238 e. The molecular formula is C12H13ClN2O. The molecule has 16 heavy (non-hydrogen) atoms. The number of aryl methyl sites for hydroxylation is 1. The molecule has 2 aromatic rings. The van der Waals surface area contributed by atoms with Crippen molar-refractivity contribution in [2.45, 2.75) is 25.1 Å². The summed E-state index contributed by atoms with van der Waals surface area (Å²) in [5.41, 5.74) is 0.968. The van der Waals surface area contributed by atoms with E-state index in [-0.39, 0.29) is 5.38 Å². The molecule has 1 aromatic carbocycles. The van der Waals surface area contributed by atoms with Crippen LogP contribution in [0.25, 0.3) is 0 Å². The zero-order chi connectivity index (χ0) is 11.4. The summed E-state index contributed by atoms with van der Waals surface area (Å²) in [4.78, 5) is 0. The van der Waals surface area contributed by atoms with Crippen LogP contribution in [-0.4, -0.2) is 10.2 Å². The number of aromatic nitrogens is 2. The molecule has 1 heterocycles. The van der Waals surface area contributed by atoms with E-state index in [9.17, 15) is 0 Å². The van der Waals surface area contributed by atoms with Crippen LogP contribution in [-0.2, 0) is 6.42 Å². The normalized spacial score (nSPS) is 12.6. The first kappa shape index (κ1) is 11.1. The summed E-state index contributed by atoms with van der Waals surface area (Å²) in [5.74, 6) is 1.12. The van der Waals surface area contributed by atoms with Crippen molar-refractivity contribution in [1.82, 2.24) is 10.2 Å². The van der Waals surface area contributed by atoms with E-state index in [1.54, 1.807) is 0 Å². The minimum atomic E-state index is -0.362. The summed E-state index contributed by atoms with van der Waals surface area (Å²) in [6.45, 7) is 2.07. The quantitative estimate of drug-likeness (QED) is 0.765. The molecule has 0 amide bonds. The first-order valence-corrected chi connectivity index (χ1v) is 5.76. The Morgan fingerprint density at radius 3 is 2.69 bits per heavy atom. The molecule has 0 bridgehead atoms. The molecule has 0 radical (unpaired) electrons. The molecule has 0 N–H and O–H groups in total. The van der Waals surface area contributed by atoms with Gasteiger partial charge in [-0.25, -0.2) is 0 Å². The lowest BCUT2D eigenvalue weighted by molar-refractivity contribution is 0.452. The van der Waals surface area contributed by atoms with Gasteiger partial charge in [-0.2, -0.15) is 0 Å². The molecule has 1 atom stereocenters. The summed E-state index contributed by atoms with van der Waals surface area (Å²) in [7, 11) is 0. The van der Waals surface area contributed by atoms with Crippen molar-refractivity contribution in [3.8, 4) is 0 Å². The monoisotopic (exact) mass is 236 g/mol. The molecule has 1 aromatic heterocycles. The first-order chi connectivity index (χ1) is 7.81. The average molecular weight is 237 g/mol. The molecule has 4 heteroatoms. The SMILES string of the molecule is CCCc1nnc(C(Cl)c2ccccc2)o1. The molecule has 0 aliphatic carbocycles. The van der Waals surface area contributed by atoms with Gasteiger partial charge in [0.15, 0.2) is 0 Å². The van der Waals surface area contributed by atoms with Gasteiger partial charge in [-0.15, -0.1) is 21.8 Å². The second-order valence-electron chi connectivity index (χ2n) is 3.56. The van der Waals surface area contributed by atoms with Crippen molar-refractivity contribution < 1.29 is 4.42 Å². The molecule has 3 nitrogen and oxygen atoms in total. The highest BCUT2D eigenvalue weighted by Gasteiger charge is 2.17. The molecule has 0 saturated heterocycles. The van der Waals surface area contributed by atoms with E-state index in [4.69, 9.17) is 16.0 Å². The Morgan fingerprint density at radius 1 is 1.25 bits per heavy atom. The molecule has 0 fully saturated rings. The van der Waals surface area contributed by atoms with E-state index < -0.39 is 0 Å². The van der Waals surface area contributed by atoms with E-state index in [1.807, 2.05) is 30.3 Å². The molecule has 0 saturated carbocycles. The topological polar surface area (TPSA) is 38.9 Å². The maximum absolute atomic E-state index is 6.25. The van der Waals surface area contributed by atoms with Crippen molar-refractivity contribution in [1.29, 1.82) is 0 Å². The molecule has 1 unspecified atom stereocenters. The average Bonchev–Trinajstić information content (AvgIpc) is 2.78. The van der Waals surface area contributed by atoms with Gasteiger partial charge in [0.25, 0.3) is 0 Å². The van der Waals surface area contributed by atoms with Crippen LogP contribution in [0.3, 0.4) is 0 Å². The lowest BCUT2D eigenvalue weighted by Crippen LogP contribution is -1.92. The van der Waals surface area contributed by atoms with E-state index >= 15 is 0 Å². The summed E-state index contributed by atoms with van der Waals surface area (Å²) in [6, 6.07) is 9.72. The van der Waals surface area contributed by atoms with Crippen LogP contribution in [0.4, 0.5) is 0 Å². The first-order valence-electron chi connectivity index (χ1n) is 5.32. The van der Waals surface area contributed by atoms with Crippen LogP contribution in [0.15, 0.2) is 34.7 Å². The fourth-order valence-electron chi connectivity index (χ4n) is 1.45. The minimum Gasteiger partial charge on any atom is -0.423 e. The van der Waals surface area contributed by atoms with Crippen molar-refractivity contribution in [3.63, 3.8) is 0 Å². The van der Waals surface area contributed by atoms with Crippen LogP contribution in [0.2, 0.25) is 0 Å². The second-order valence-corrected chi connectivity index (χ2v) is 3.99. The predicted octanol–water partition coefficient (Wildman–Crippen LogP) is 3.35. The van der Waals surface area contributed by atoms with E-state index in [0.717, 1.165) is 18.4 Å². The number of benzene rings is 1. The van der Waals surface area contributed by atoms with Crippen LogP contribution < -0.4 is 0 Å². The highest BCUT2D eigenvalue weighted by atomic mass is 35.5. The van der Waals surface area contributed by atoms with Crippen molar-refractivity contribution >= 4 is 11.6 Å². The Kier molecular flexibility index (Phi) is 3.57. The van der Waals surface area contributed by atoms with Gasteiger partial charge >= 0.3 is 0 Å². The third kappa shape index (κ3) is 2.42. The Labute approximate surface area is 99.5 Å². The van der Waals surface area contributed by atoms with Gasteiger partial charge in [-0.3, -0.25) is 0 Å². The van der Waals surface area contributed by atoms with E-state index in [0.29, 0.717) is 11.8 Å². The predicted molar refractivity (Wildman–Crippen MR) is 62.4 cm³/mol. The molecule has 84 valence electrons. The van der Waals surface area contributed by atoms with E-state index in [1.165, 1.54) is 0 Å². The summed E-state index contributed by atoms with van der Waals surface area (Å²) in [5, 5.41) is 7.55. The fourth-order valence-corrected chi connectivity index (χ4v) is 1.68. The second kappa shape index (κ2) is 5.12. The van der Waals surface area contributed by atoms with Gasteiger partial charge in [-0.1, -0.05) is 37.3 Å². The van der Waals surface area contributed by atoms with Crippen LogP contribution in [0.1, 0.15) is 36.1 Å². The minimum absolute atomic E-state index is 0.362. The maximum atomic E-state index is 6.25. The van der Waals surface area contributed by atoms with Crippen LogP contribution >= 0.6 is 11.6 Å². The Bertz CT molecular complexity index is 441. The molecule has 0 aliphatic heterocycles. The standard InChI is InChI=1S/C12H13ClN2O/c1-2-6-10-14-15-12(16-10)11(13)9-7-4-3-5-8-9/h3-5,7-8,11H,2,6H2,1H3. The lowest BCUT2D eigenvalue weighted by Gasteiger charge is -2.03. The zero-order valence-electron chi connectivity index (χ0n) is 9.06. The van der Waals surface area contributed by atoms with Gasteiger partial charge in [0, 0.05) is 6.42 Å². The highest BCUT2D eigenvalue weighted by molar-refractivity contribution is 6.22. The lowest BCUT2D eigenvalue weighted by atomic mass is 10.1. The van der Waals surface area contributed by atoms with Crippen molar-refractivity contribution in [2.24, 2.45) is 0 Å². The molecule has 0 spiro atoms. The van der Waals surface area contributed by atoms with Crippen LogP contribution in [0.5, 0.6) is 0 Å². The highest BCUT2D eigenvalue weighted by Crippen LogP contribution is 2.27. The molecular weight excluding hydrogens is 224 g/mol. The number of hydrogen-bond donors (Lipinski definition) is 0. The van der Waals surface area contributed by atoms with Crippen molar-refractivity contribution in [3.05, 3.63) is 47.7 Å². The summed E-state index contributed by atoms with van der Waals surface area (Å²) >= 11 is 6.25. The number of alkyl halides is 1. The van der Waals surface area contributed by atoms with Gasteiger partial charge in [0.2, 0.25) is 11.8 Å². The fraction of sp³-hybridized carbons (Fsp3) is 0.333. The third-order valence-corrected chi connectivity index (χ3v) is 2.69. The number of rotatable bonds is 4.